The van der Waals surface area contributed by atoms with Gasteiger partial charge in [0.1, 0.15) is 13.2 Å². The Kier molecular flexibility index (Phi) is 47.0. The molecular weight excluding hydrogens is 815 g/mol. The van der Waals surface area contributed by atoms with E-state index in [1.54, 1.807) is 0 Å². The number of carbonyl (C=O) groups is 3. The summed E-state index contributed by atoms with van der Waals surface area (Å²) in [5, 5.41) is 11.7. The Balaban J connectivity index is 4.11. The molecule has 0 heterocycles. The molecule has 0 saturated heterocycles. The number of allylic oxidation sites excluding steroid dienone is 2. The highest BCUT2D eigenvalue weighted by Gasteiger charge is 2.22. The van der Waals surface area contributed by atoms with Crippen molar-refractivity contribution < 1.29 is 42.9 Å². The van der Waals surface area contributed by atoms with Gasteiger partial charge >= 0.3 is 11.9 Å². The van der Waals surface area contributed by atoms with Crippen molar-refractivity contribution in [2.45, 2.75) is 283 Å². The summed E-state index contributed by atoms with van der Waals surface area (Å²) in [5.41, 5.74) is 0. The fourth-order valence-corrected chi connectivity index (χ4v) is 8.18. The number of carboxylic acids is 1. The molecule has 0 aromatic carbocycles. The van der Waals surface area contributed by atoms with Crippen LogP contribution in [0.2, 0.25) is 0 Å². The third kappa shape index (κ3) is 49.8. The maximum Gasteiger partial charge on any atom is 0.306 e. The number of ether oxygens (including phenoxy) is 4. The summed E-state index contributed by atoms with van der Waals surface area (Å²) < 4.78 is 22.6. The molecule has 0 aliphatic carbocycles. The van der Waals surface area contributed by atoms with E-state index in [1.807, 2.05) is 21.1 Å². The van der Waals surface area contributed by atoms with Crippen LogP contribution in [0.4, 0.5) is 0 Å². The minimum Gasteiger partial charge on any atom is -0.545 e. The molecule has 9 nitrogen and oxygen atoms in total. The average molecular weight is 922 g/mol. The van der Waals surface area contributed by atoms with Crippen molar-refractivity contribution in [3.05, 3.63) is 12.2 Å². The third-order valence-electron chi connectivity index (χ3n) is 12.5. The van der Waals surface area contributed by atoms with E-state index in [2.05, 4.69) is 26.0 Å². The number of unbranched alkanes of at least 4 members (excludes halogenated alkanes) is 35. The van der Waals surface area contributed by atoms with E-state index in [9.17, 15) is 19.5 Å². The number of likely N-dealkylation sites (N-methyl/N-ethyl adjacent to an activating group) is 1. The van der Waals surface area contributed by atoms with Gasteiger partial charge in [-0.05, 0) is 38.5 Å². The Morgan fingerprint density at radius 1 is 0.446 bits per heavy atom. The molecular formula is C56H107NO8. The Bertz CT molecular complexity index is 1070. The Morgan fingerprint density at radius 3 is 1.15 bits per heavy atom. The van der Waals surface area contributed by atoms with Gasteiger partial charge in [0.2, 0.25) is 0 Å². The van der Waals surface area contributed by atoms with Gasteiger partial charge in [-0.2, -0.15) is 0 Å². The first kappa shape index (κ1) is 63.0. The average Bonchev–Trinajstić information content (AvgIpc) is 3.27. The van der Waals surface area contributed by atoms with E-state index >= 15 is 0 Å². The zero-order chi connectivity index (χ0) is 47.7. The van der Waals surface area contributed by atoms with Crippen molar-refractivity contribution in [3.63, 3.8) is 0 Å². The molecule has 0 fully saturated rings. The second-order valence-corrected chi connectivity index (χ2v) is 20.2. The molecule has 0 bridgehead atoms. The van der Waals surface area contributed by atoms with Gasteiger partial charge in [-0.15, -0.1) is 0 Å². The van der Waals surface area contributed by atoms with Gasteiger partial charge in [0.05, 0.1) is 40.3 Å². The van der Waals surface area contributed by atoms with Crippen LogP contribution in [-0.2, 0) is 33.3 Å². The van der Waals surface area contributed by atoms with Gasteiger partial charge in [-0.1, -0.05) is 231 Å². The molecule has 0 amide bonds. The molecule has 0 aromatic heterocycles. The first-order valence-electron chi connectivity index (χ1n) is 27.8. The molecule has 0 aromatic rings. The lowest BCUT2D eigenvalue weighted by Crippen LogP contribution is -2.44. The fraction of sp³-hybridized carbons (Fsp3) is 0.911. The second-order valence-electron chi connectivity index (χ2n) is 20.2. The SMILES string of the molecule is CCCCCC/C=C\CCCCCCCC(=O)OC(COC(=O)CCCCCCCCCCCCCCCCCCCCCCCCCCCCC)COC(OCC[N+](C)(C)C)C(=O)[O-]. The Hall–Kier alpha value is -1.97. The highest BCUT2D eigenvalue weighted by Crippen LogP contribution is 2.17. The van der Waals surface area contributed by atoms with Gasteiger partial charge in [-0.3, -0.25) is 9.59 Å². The number of hydrogen-bond acceptors (Lipinski definition) is 8. The van der Waals surface area contributed by atoms with Crippen LogP contribution in [0.25, 0.3) is 0 Å². The van der Waals surface area contributed by atoms with E-state index in [0.717, 1.165) is 51.4 Å². The molecule has 65 heavy (non-hydrogen) atoms. The number of carbonyl (C=O) groups excluding carboxylic acids is 3. The van der Waals surface area contributed by atoms with E-state index in [-0.39, 0.29) is 32.2 Å². The first-order valence-corrected chi connectivity index (χ1v) is 27.8. The summed E-state index contributed by atoms with van der Waals surface area (Å²) in [7, 11) is 5.92. The monoisotopic (exact) mass is 922 g/mol. The van der Waals surface area contributed by atoms with Crippen LogP contribution in [0.15, 0.2) is 12.2 Å². The summed E-state index contributed by atoms with van der Waals surface area (Å²) in [6.07, 6.45) is 51.3. The van der Waals surface area contributed by atoms with Gasteiger partial charge < -0.3 is 33.3 Å². The van der Waals surface area contributed by atoms with Crippen molar-refractivity contribution in [1.29, 1.82) is 0 Å². The van der Waals surface area contributed by atoms with Crippen LogP contribution < -0.4 is 5.11 Å². The number of nitrogens with zero attached hydrogens (tertiary/aromatic N) is 1. The molecule has 0 aliphatic heterocycles. The number of aliphatic carboxylic acids is 1. The predicted molar refractivity (Wildman–Crippen MR) is 270 cm³/mol. The van der Waals surface area contributed by atoms with Gasteiger partial charge in [0.15, 0.2) is 12.4 Å². The molecule has 9 heteroatoms. The summed E-state index contributed by atoms with van der Waals surface area (Å²) in [4.78, 5) is 37.1. The standard InChI is InChI=1S/C56H107NO8/c1-6-8-10-12-14-16-18-20-21-22-23-24-25-26-27-28-29-30-31-32-33-35-36-38-40-42-44-46-53(58)63-50-52(51-64-56(55(60)61)62-49-48-57(3,4)5)65-54(59)47-45-43-41-39-37-34-19-17-15-13-11-9-7-2/h17,19,52,56H,6-16,18,20-51H2,1-5H3/b19-17-. The number of carboxylic acid groups (broad SMARTS) is 1. The summed E-state index contributed by atoms with van der Waals surface area (Å²) in [6, 6.07) is 0. The smallest absolute Gasteiger partial charge is 0.306 e. The summed E-state index contributed by atoms with van der Waals surface area (Å²) >= 11 is 0. The second kappa shape index (κ2) is 48.5. The molecule has 2 unspecified atom stereocenters. The van der Waals surface area contributed by atoms with Crippen LogP contribution >= 0.6 is 0 Å². The van der Waals surface area contributed by atoms with Gasteiger partial charge in [0, 0.05) is 12.8 Å². The maximum atomic E-state index is 12.8. The van der Waals surface area contributed by atoms with Crippen LogP contribution in [-0.4, -0.2) is 82.3 Å². The predicted octanol–water partition coefficient (Wildman–Crippen LogP) is 14.5. The van der Waals surface area contributed by atoms with Crippen molar-refractivity contribution >= 4 is 17.9 Å². The normalized spacial score (nSPS) is 12.8. The molecule has 2 atom stereocenters. The lowest BCUT2D eigenvalue weighted by molar-refractivity contribution is -0.870. The molecule has 384 valence electrons. The van der Waals surface area contributed by atoms with Gasteiger partial charge in [-0.25, -0.2) is 0 Å². The molecule has 0 spiro atoms. The number of hydrogen-bond donors (Lipinski definition) is 0. The van der Waals surface area contributed by atoms with Crippen LogP contribution in [0.1, 0.15) is 271 Å². The quantitative estimate of drug-likeness (QED) is 0.0195. The Morgan fingerprint density at radius 2 is 0.785 bits per heavy atom. The maximum absolute atomic E-state index is 12.8. The van der Waals surface area contributed by atoms with Crippen LogP contribution in [0.3, 0.4) is 0 Å². The van der Waals surface area contributed by atoms with E-state index in [1.165, 1.54) is 186 Å². The highest BCUT2D eigenvalue weighted by atomic mass is 16.7. The largest absolute Gasteiger partial charge is 0.545 e. The van der Waals surface area contributed by atoms with Gasteiger partial charge in [0.25, 0.3) is 0 Å². The molecule has 0 rings (SSSR count). The van der Waals surface area contributed by atoms with Crippen molar-refractivity contribution in [3.8, 4) is 0 Å². The molecule has 0 aliphatic rings. The minimum absolute atomic E-state index is 0.149. The molecule has 0 N–H and O–H groups in total. The zero-order valence-corrected chi connectivity index (χ0v) is 43.6. The molecule has 0 saturated carbocycles. The summed E-state index contributed by atoms with van der Waals surface area (Å²) in [6.45, 7) is 4.76. The lowest BCUT2D eigenvalue weighted by Gasteiger charge is -2.26. The van der Waals surface area contributed by atoms with E-state index in [0.29, 0.717) is 23.9 Å². The Labute approximate surface area is 402 Å². The number of quaternary nitrogens is 1. The third-order valence-corrected chi connectivity index (χ3v) is 12.5. The first-order chi connectivity index (χ1) is 31.6. The number of esters is 2. The van der Waals surface area contributed by atoms with Crippen molar-refractivity contribution in [2.75, 3.05) is 47.5 Å². The van der Waals surface area contributed by atoms with Crippen molar-refractivity contribution in [2.24, 2.45) is 0 Å². The zero-order valence-electron chi connectivity index (χ0n) is 43.6. The van der Waals surface area contributed by atoms with Crippen LogP contribution in [0.5, 0.6) is 0 Å². The minimum atomic E-state index is -1.62. The topological polar surface area (TPSA) is 111 Å². The lowest BCUT2D eigenvalue weighted by atomic mass is 10.0. The fourth-order valence-electron chi connectivity index (χ4n) is 8.18. The highest BCUT2D eigenvalue weighted by molar-refractivity contribution is 5.70. The number of rotatable bonds is 52. The molecule has 0 radical (unpaired) electrons. The van der Waals surface area contributed by atoms with Crippen LogP contribution in [0, 0.1) is 0 Å². The summed E-state index contributed by atoms with van der Waals surface area (Å²) in [5.74, 6) is -2.28. The van der Waals surface area contributed by atoms with E-state index in [4.69, 9.17) is 18.9 Å². The van der Waals surface area contributed by atoms with Crippen molar-refractivity contribution in [1.82, 2.24) is 0 Å². The van der Waals surface area contributed by atoms with E-state index < -0.39 is 24.3 Å².